The molecule has 2 heteroatoms. The Bertz CT molecular complexity index is 1530. The number of nitrogens with zero attached hydrogens (tertiary/aromatic N) is 1. The van der Waals surface area contributed by atoms with Crippen LogP contribution in [0.3, 0.4) is 0 Å². The van der Waals surface area contributed by atoms with Gasteiger partial charge in [0.15, 0.2) is 0 Å². The lowest BCUT2D eigenvalue weighted by molar-refractivity contribution is 0.415. The van der Waals surface area contributed by atoms with E-state index in [0.717, 1.165) is 28.4 Å². The largest absolute Gasteiger partial charge is 0.497 e. The van der Waals surface area contributed by atoms with Gasteiger partial charge in [0.1, 0.15) is 5.75 Å². The summed E-state index contributed by atoms with van der Waals surface area (Å²) < 4.78 is 5.39. The van der Waals surface area contributed by atoms with Crippen LogP contribution in [0.15, 0.2) is 121 Å². The number of hydrogen-bond donors (Lipinski definition) is 0. The molecule has 0 atom stereocenters. The summed E-state index contributed by atoms with van der Waals surface area (Å²) in [6.07, 6.45) is 2.28. The van der Waals surface area contributed by atoms with Gasteiger partial charge in [-0.15, -0.1) is 0 Å². The molecule has 0 saturated heterocycles. The number of aryl methyl sites for hydroxylation is 3. The normalized spacial score (nSPS) is 11.3. The minimum Gasteiger partial charge on any atom is -0.497 e. The van der Waals surface area contributed by atoms with Crippen LogP contribution in [-0.4, -0.2) is 7.11 Å². The zero-order chi connectivity index (χ0) is 26.5. The van der Waals surface area contributed by atoms with E-state index in [0.29, 0.717) is 0 Å². The molecule has 0 aliphatic heterocycles. The number of benzene rings is 5. The van der Waals surface area contributed by atoms with Crippen molar-refractivity contribution in [1.29, 1.82) is 0 Å². The summed E-state index contributed by atoms with van der Waals surface area (Å²) in [4.78, 5) is 2.27. The molecule has 0 spiro atoms. The molecule has 0 fully saturated rings. The average molecular weight is 496 g/mol. The van der Waals surface area contributed by atoms with Crippen molar-refractivity contribution in [2.24, 2.45) is 0 Å². The summed E-state index contributed by atoms with van der Waals surface area (Å²) in [7, 11) is 1.70. The van der Waals surface area contributed by atoms with E-state index >= 15 is 0 Å². The van der Waals surface area contributed by atoms with Crippen LogP contribution < -0.4 is 9.64 Å². The Balaban J connectivity index is 1.55. The minimum atomic E-state index is 0.845. The minimum absolute atomic E-state index is 0.845. The van der Waals surface area contributed by atoms with Gasteiger partial charge in [-0.05, 0) is 109 Å². The van der Waals surface area contributed by atoms with Crippen molar-refractivity contribution in [2.45, 2.75) is 20.8 Å². The van der Waals surface area contributed by atoms with E-state index in [-0.39, 0.29) is 0 Å². The number of anilines is 3. The first-order valence-electron chi connectivity index (χ1n) is 13.0. The van der Waals surface area contributed by atoms with Crippen molar-refractivity contribution in [3.63, 3.8) is 0 Å². The molecule has 0 aromatic heterocycles. The fraction of sp³-hybridized carbons (Fsp3) is 0.111. The van der Waals surface area contributed by atoms with Crippen LogP contribution in [0.4, 0.5) is 17.1 Å². The highest BCUT2D eigenvalue weighted by Gasteiger charge is 2.13. The average Bonchev–Trinajstić information content (AvgIpc) is 2.96. The van der Waals surface area contributed by atoms with Crippen molar-refractivity contribution in [2.75, 3.05) is 12.0 Å². The molecule has 38 heavy (non-hydrogen) atoms. The highest BCUT2D eigenvalue weighted by Crippen LogP contribution is 2.36. The number of hydrogen-bond acceptors (Lipinski definition) is 2. The number of ether oxygens (including phenoxy) is 1. The van der Waals surface area contributed by atoms with Crippen molar-refractivity contribution in [3.8, 4) is 5.75 Å². The Hall–Kier alpha value is -4.56. The van der Waals surface area contributed by atoms with Gasteiger partial charge in [-0.2, -0.15) is 0 Å². The lowest BCUT2D eigenvalue weighted by Crippen LogP contribution is -2.09. The second kappa shape index (κ2) is 11.2. The van der Waals surface area contributed by atoms with Gasteiger partial charge in [0, 0.05) is 17.1 Å². The SMILES string of the molecule is COc1ccc(N(c2ccc(C)cc2)c2ccc(C=C(c3ccccc3)c3ccc(C)c(C)c3)cc2)cc1. The van der Waals surface area contributed by atoms with E-state index in [1.807, 2.05) is 12.1 Å². The summed E-state index contributed by atoms with van der Waals surface area (Å²) in [5, 5.41) is 0. The lowest BCUT2D eigenvalue weighted by atomic mass is 9.93. The van der Waals surface area contributed by atoms with Crippen LogP contribution >= 0.6 is 0 Å². The second-order valence-electron chi connectivity index (χ2n) is 9.68. The molecule has 0 amide bonds. The first kappa shape index (κ1) is 25.1. The molecule has 0 unspecified atom stereocenters. The molecule has 0 N–H and O–H groups in total. The van der Waals surface area contributed by atoms with E-state index < -0.39 is 0 Å². The Morgan fingerprint density at radius 1 is 0.579 bits per heavy atom. The Morgan fingerprint density at radius 2 is 1.16 bits per heavy atom. The summed E-state index contributed by atoms with van der Waals surface area (Å²) in [5.41, 5.74) is 11.9. The zero-order valence-corrected chi connectivity index (χ0v) is 22.5. The number of rotatable bonds is 7. The molecule has 0 aliphatic carbocycles. The number of methoxy groups -OCH3 is 1. The van der Waals surface area contributed by atoms with E-state index in [4.69, 9.17) is 4.74 Å². The Morgan fingerprint density at radius 3 is 1.74 bits per heavy atom. The zero-order valence-electron chi connectivity index (χ0n) is 22.5. The smallest absolute Gasteiger partial charge is 0.119 e. The maximum Gasteiger partial charge on any atom is 0.119 e. The maximum absolute atomic E-state index is 5.39. The third-order valence-electron chi connectivity index (χ3n) is 6.99. The van der Waals surface area contributed by atoms with Crippen LogP contribution in [-0.2, 0) is 0 Å². The van der Waals surface area contributed by atoms with Gasteiger partial charge in [-0.1, -0.05) is 78.4 Å². The van der Waals surface area contributed by atoms with Crippen molar-refractivity contribution in [1.82, 2.24) is 0 Å². The van der Waals surface area contributed by atoms with Gasteiger partial charge in [-0.3, -0.25) is 0 Å². The van der Waals surface area contributed by atoms with Crippen LogP contribution in [0.25, 0.3) is 11.6 Å². The summed E-state index contributed by atoms with van der Waals surface area (Å²) in [6, 6.07) is 43.0. The summed E-state index contributed by atoms with van der Waals surface area (Å²) >= 11 is 0. The standard InChI is InChI=1S/C36H33NO/c1-26-10-16-32(17-11-26)37(34-20-22-35(38-4)23-21-34)33-18-13-29(14-19-33)25-36(30-8-6-5-7-9-30)31-15-12-27(2)28(3)24-31/h5-25H,1-4H3. The molecule has 5 aromatic rings. The van der Waals surface area contributed by atoms with Gasteiger partial charge >= 0.3 is 0 Å². The van der Waals surface area contributed by atoms with Gasteiger partial charge in [-0.25, -0.2) is 0 Å². The van der Waals surface area contributed by atoms with Gasteiger partial charge < -0.3 is 9.64 Å². The summed E-state index contributed by atoms with van der Waals surface area (Å²) in [6.45, 7) is 6.45. The van der Waals surface area contributed by atoms with Gasteiger partial charge in [0.25, 0.3) is 0 Å². The molecule has 0 radical (unpaired) electrons. The molecule has 188 valence electrons. The third-order valence-corrected chi connectivity index (χ3v) is 6.99. The molecule has 0 saturated carbocycles. The Labute approximate surface area is 226 Å². The van der Waals surface area contributed by atoms with Crippen LogP contribution in [0.1, 0.15) is 33.4 Å². The first-order valence-corrected chi connectivity index (χ1v) is 13.0. The fourth-order valence-corrected chi connectivity index (χ4v) is 4.62. The fourth-order valence-electron chi connectivity index (χ4n) is 4.62. The van der Waals surface area contributed by atoms with Gasteiger partial charge in [0.2, 0.25) is 0 Å². The third kappa shape index (κ3) is 5.55. The highest BCUT2D eigenvalue weighted by atomic mass is 16.5. The maximum atomic E-state index is 5.39. The molecule has 5 aromatic carbocycles. The lowest BCUT2D eigenvalue weighted by Gasteiger charge is -2.26. The monoisotopic (exact) mass is 495 g/mol. The highest BCUT2D eigenvalue weighted by molar-refractivity contribution is 5.92. The molecule has 0 bridgehead atoms. The predicted octanol–water partition coefficient (Wildman–Crippen LogP) is 9.68. The second-order valence-corrected chi connectivity index (χ2v) is 9.68. The van der Waals surface area contributed by atoms with Crippen LogP contribution in [0.5, 0.6) is 5.75 Å². The van der Waals surface area contributed by atoms with E-state index in [9.17, 15) is 0 Å². The molecular formula is C36H33NO. The molecule has 2 nitrogen and oxygen atoms in total. The molecule has 0 aliphatic rings. The predicted molar refractivity (Wildman–Crippen MR) is 162 cm³/mol. The van der Waals surface area contributed by atoms with Crippen molar-refractivity contribution in [3.05, 3.63) is 155 Å². The van der Waals surface area contributed by atoms with Crippen LogP contribution in [0.2, 0.25) is 0 Å². The first-order chi connectivity index (χ1) is 18.5. The molecular weight excluding hydrogens is 462 g/mol. The Kier molecular flexibility index (Phi) is 7.42. The van der Waals surface area contributed by atoms with Gasteiger partial charge in [0.05, 0.1) is 7.11 Å². The van der Waals surface area contributed by atoms with E-state index in [1.54, 1.807) is 7.11 Å². The molecule has 5 rings (SSSR count). The van der Waals surface area contributed by atoms with E-state index in [1.165, 1.54) is 33.4 Å². The summed E-state index contributed by atoms with van der Waals surface area (Å²) in [5.74, 6) is 0.845. The quantitative estimate of drug-likeness (QED) is 0.208. The van der Waals surface area contributed by atoms with Crippen molar-refractivity contribution >= 4 is 28.7 Å². The molecule has 0 heterocycles. The topological polar surface area (TPSA) is 12.5 Å². The van der Waals surface area contributed by atoms with E-state index in [2.05, 4.69) is 141 Å². The van der Waals surface area contributed by atoms with Crippen LogP contribution in [0, 0.1) is 20.8 Å². The van der Waals surface area contributed by atoms with Crippen molar-refractivity contribution < 1.29 is 4.74 Å².